The number of benzene rings is 2. The van der Waals surface area contributed by atoms with E-state index in [0.29, 0.717) is 25.0 Å². The van der Waals surface area contributed by atoms with Gasteiger partial charge in [0, 0.05) is 24.4 Å². The van der Waals surface area contributed by atoms with Crippen molar-refractivity contribution < 1.29 is 4.74 Å². The van der Waals surface area contributed by atoms with E-state index in [4.69, 9.17) is 10.5 Å². The van der Waals surface area contributed by atoms with Gasteiger partial charge in [-0.05, 0) is 18.1 Å². The van der Waals surface area contributed by atoms with Crippen molar-refractivity contribution in [3.05, 3.63) is 65.7 Å². The second-order valence-corrected chi connectivity index (χ2v) is 6.11. The Morgan fingerprint density at radius 2 is 1.92 bits per heavy atom. The Labute approximate surface area is 166 Å². The molecule has 0 saturated carbocycles. The van der Waals surface area contributed by atoms with Crippen LogP contribution in [-0.4, -0.2) is 19.1 Å². The number of guanidine groups is 1. The summed E-state index contributed by atoms with van der Waals surface area (Å²) in [5.74, 6) is 1.84. The third kappa shape index (κ3) is 5.11. The fourth-order valence-corrected chi connectivity index (χ4v) is 3.12. The van der Waals surface area contributed by atoms with Gasteiger partial charge in [0.05, 0.1) is 12.6 Å². The fraction of sp³-hybridized carbons (Fsp3) is 0.350. The smallest absolute Gasteiger partial charge is 0.189 e. The molecule has 1 heterocycles. The minimum Gasteiger partial charge on any atom is -0.493 e. The highest BCUT2D eigenvalue weighted by Gasteiger charge is 2.21. The van der Waals surface area contributed by atoms with E-state index < -0.39 is 0 Å². The Hall–Kier alpha value is -1.76. The largest absolute Gasteiger partial charge is 0.493 e. The van der Waals surface area contributed by atoms with Crippen LogP contribution in [0.5, 0.6) is 5.75 Å². The molecule has 0 aliphatic carbocycles. The normalized spacial score (nSPS) is 17.6. The summed E-state index contributed by atoms with van der Waals surface area (Å²) in [5, 5.41) is 3.35. The van der Waals surface area contributed by atoms with Crippen LogP contribution in [0.15, 0.2) is 59.6 Å². The van der Waals surface area contributed by atoms with E-state index in [2.05, 4.69) is 47.6 Å². The number of halogens is 1. The highest BCUT2D eigenvalue weighted by molar-refractivity contribution is 14.0. The number of aliphatic imine (C=N–C) groups is 1. The molecule has 0 radical (unpaired) electrons. The first-order chi connectivity index (χ1) is 11.8. The van der Waals surface area contributed by atoms with Gasteiger partial charge in [-0.2, -0.15) is 0 Å². The zero-order valence-electron chi connectivity index (χ0n) is 14.5. The summed E-state index contributed by atoms with van der Waals surface area (Å²) < 4.78 is 5.69. The molecule has 0 bridgehead atoms. The number of nitrogens with two attached hydrogens (primary N) is 1. The van der Waals surface area contributed by atoms with Crippen LogP contribution in [0.4, 0.5) is 0 Å². The highest BCUT2D eigenvalue weighted by atomic mass is 127. The predicted octanol–water partition coefficient (Wildman–Crippen LogP) is 4.23. The van der Waals surface area contributed by atoms with Gasteiger partial charge in [-0.3, -0.25) is 4.99 Å². The van der Waals surface area contributed by atoms with E-state index in [0.717, 1.165) is 24.2 Å². The average Bonchev–Trinajstić information content (AvgIpc) is 2.63. The zero-order valence-corrected chi connectivity index (χ0v) is 16.9. The summed E-state index contributed by atoms with van der Waals surface area (Å²) in [4.78, 5) is 4.58. The Morgan fingerprint density at radius 3 is 2.68 bits per heavy atom. The fourth-order valence-electron chi connectivity index (χ4n) is 3.12. The highest BCUT2D eigenvalue weighted by Crippen LogP contribution is 2.31. The Kier molecular flexibility index (Phi) is 7.55. The maximum atomic E-state index is 6.14. The summed E-state index contributed by atoms with van der Waals surface area (Å²) in [6, 6.07) is 18.8. The number of ether oxygens (including phenoxy) is 1. The molecule has 25 heavy (non-hydrogen) atoms. The van der Waals surface area contributed by atoms with Gasteiger partial charge in [-0.25, -0.2) is 0 Å². The number of hydrogen-bond acceptors (Lipinski definition) is 2. The van der Waals surface area contributed by atoms with Crippen molar-refractivity contribution in [1.82, 2.24) is 5.32 Å². The van der Waals surface area contributed by atoms with Gasteiger partial charge in [0.25, 0.3) is 0 Å². The van der Waals surface area contributed by atoms with Crippen molar-refractivity contribution >= 4 is 29.9 Å². The molecule has 5 heteroatoms. The summed E-state index contributed by atoms with van der Waals surface area (Å²) in [6.07, 6.45) is 1.93. The van der Waals surface area contributed by atoms with Gasteiger partial charge in [0.15, 0.2) is 5.96 Å². The quantitative estimate of drug-likeness (QED) is 0.407. The van der Waals surface area contributed by atoms with Crippen LogP contribution < -0.4 is 15.8 Å². The maximum Gasteiger partial charge on any atom is 0.189 e. The Morgan fingerprint density at radius 1 is 1.20 bits per heavy atom. The van der Waals surface area contributed by atoms with Crippen molar-refractivity contribution in [2.45, 2.75) is 31.7 Å². The minimum absolute atomic E-state index is 0. The molecule has 1 aliphatic rings. The molecule has 0 saturated heterocycles. The number of fused-ring (bicyclic) bond motifs is 1. The first-order valence-electron chi connectivity index (χ1n) is 8.61. The molecular weight excluding hydrogens is 425 g/mol. The number of nitrogens with one attached hydrogen (secondary N) is 1. The molecule has 3 N–H and O–H groups in total. The molecule has 0 fully saturated rings. The Balaban J connectivity index is 0.00000225. The molecule has 2 aromatic rings. The van der Waals surface area contributed by atoms with Crippen LogP contribution in [0.1, 0.15) is 42.9 Å². The molecule has 0 spiro atoms. The molecule has 2 atom stereocenters. The van der Waals surface area contributed by atoms with Gasteiger partial charge in [0.2, 0.25) is 0 Å². The molecule has 2 unspecified atom stereocenters. The van der Waals surface area contributed by atoms with Crippen molar-refractivity contribution in [3.63, 3.8) is 0 Å². The summed E-state index contributed by atoms with van der Waals surface area (Å²) in [6.45, 7) is 3.58. The third-order valence-corrected chi connectivity index (χ3v) is 4.53. The van der Waals surface area contributed by atoms with Crippen molar-refractivity contribution in [3.8, 4) is 5.75 Å². The first-order valence-corrected chi connectivity index (χ1v) is 8.61. The van der Waals surface area contributed by atoms with E-state index in [1.54, 1.807) is 0 Å². The topological polar surface area (TPSA) is 59.6 Å². The number of nitrogens with zero attached hydrogens (tertiary/aromatic N) is 1. The molecule has 0 amide bonds. The van der Waals surface area contributed by atoms with Gasteiger partial charge in [-0.15, -0.1) is 24.0 Å². The number of para-hydroxylation sites is 1. The Bertz CT molecular complexity index is 690. The molecule has 1 aliphatic heterocycles. The monoisotopic (exact) mass is 451 g/mol. The lowest BCUT2D eigenvalue weighted by molar-refractivity contribution is 0.262. The van der Waals surface area contributed by atoms with Gasteiger partial charge < -0.3 is 15.8 Å². The van der Waals surface area contributed by atoms with Crippen LogP contribution in [0.2, 0.25) is 0 Å². The zero-order chi connectivity index (χ0) is 16.8. The molecule has 4 nitrogen and oxygen atoms in total. The molecule has 134 valence electrons. The minimum atomic E-state index is 0. The van der Waals surface area contributed by atoms with E-state index in [9.17, 15) is 0 Å². The molecule has 2 aromatic carbocycles. The second-order valence-electron chi connectivity index (χ2n) is 6.11. The van der Waals surface area contributed by atoms with E-state index in [1.165, 1.54) is 5.56 Å². The lowest BCUT2D eigenvalue weighted by atomic mass is 9.97. The van der Waals surface area contributed by atoms with Crippen LogP contribution in [-0.2, 0) is 0 Å². The number of hydrogen-bond donors (Lipinski definition) is 2. The van der Waals surface area contributed by atoms with Gasteiger partial charge in [-0.1, -0.05) is 55.5 Å². The van der Waals surface area contributed by atoms with Crippen LogP contribution >= 0.6 is 24.0 Å². The van der Waals surface area contributed by atoms with Crippen LogP contribution in [0.3, 0.4) is 0 Å². The standard InChI is InChI=1S/C20H25N3O.HI/c1-2-15(16-8-4-3-5-9-16)14-22-20(21)23-18-12-13-24-19-11-7-6-10-17(18)19;/h3-11,15,18H,2,12-14H2,1H3,(H3,21,22,23);1H. The first kappa shape index (κ1) is 19.6. The summed E-state index contributed by atoms with van der Waals surface area (Å²) in [7, 11) is 0. The molecular formula is C20H26IN3O. The van der Waals surface area contributed by atoms with Crippen molar-refractivity contribution in [2.24, 2.45) is 10.7 Å². The predicted molar refractivity (Wildman–Crippen MR) is 114 cm³/mol. The molecule has 3 rings (SSSR count). The van der Waals surface area contributed by atoms with E-state index >= 15 is 0 Å². The average molecular weight is 451 g/mol. The summed E-state index contributed by atoms with van der Waals surface area (Å²) >= 11 is 0. The lowest BCUT2D eigenvalue weighted by Gasteiger charge is -2.27. The second kappa shape index (κ2) is 9.65. The van der Waals surface area contributed by atoms with Crippen molar-refractivity contribution in [2.75, 3.05) is 13.2 Å². The van der Waals surface area contributed by atoms with Gasteiger partial charge >= 0.3 is 0 Å². The van der Waals surface area contributed by atoms with E-state index in [-0.39, 0.29) is 30.0 Å². The van der Waals surface area contributed by atoms with Crippen LogP contribution in [0, 0.1) is 0 Å². The van der Waals surface area contributed by atoms with Gasteiger partial charge in [0.1, 0.15) is 5.75 Å². The lowest BCUT2D eigenvalue weighted by Crippen LogP contribution is -2.37. The number of rotatable bonds is 5. The SMILES string of the molecule is CCC(CN=C(N)NC1CCOc2ccccc21)c1ccccc1.I. The van der Waals surface area contributed by atoms with Crippen LogP contribution in [0.25, 0.3) is 0 Å². The maximum absolute atomic E-state index is 6.14. The third-order valence-electron chi connectivity index (χ3n) is 4.53. The van der Waals surface area contributed by atoms with Crippen molar-refractivity contribution in [1.29, 1.82) is 0 Å². The van der Waals surface area contributed by atoms with E-state index in [1.807, 2.05) is 24.3 Å². The molecule has 0 aromatic heterocycles. The summed E-state index contributed by atoms with van der Waals surface area (Å²) in [5.41, 5.74) is 8.60.